The second-order valence-electron chi connectivity index (χ2n) is 5.17. The first-order valence-electron chi connectivity index (χ1n) is 6.83. The number of fused-ring (bicyclic) bond motifs is 1. The molecule has 3 aromatic rings. The first-order chi connectivity index (χ1) is 10.1. The fourth-order valence-electron chi connectivity index (χ4n) is 2.66. The van der Waals surface area contributed by atoms with Crippen molar-refractivity contribution in [2.45, 2.75) is 26.8 Å². The van der Waals surface area contributed by atoms with Gasteiger partial charge in [0.25, 0.3) is 0 Å². The molecular weight excluding hydrogens is 266 g/mol. The summed E-state index contributed by atoms with van der Waals surface area (Å²) in [7, 11) is 0. The minimum Gasteiger partial charge on any atom is -0.508 e. The van der Waals surface area contributed by atoms with E-state index in [0.717, 1.165) is 33.6 Å². The highest BCUT2D eigenvalue weighted by Crippen LogP contribution is 2.29. The molecule has 2 aromatic heterocycles. The number of aromatic hydroxyl groups is 1. The Labute approximate surface area is 122 Å². The predicted molar refractivity (Wildman–Crippen MR) is 81.4 cm³/mol. The predicted octanol–water partition coefficient (Wildman–Crippen LogP) is 3.72. The highest BCUT2D eigenvalue weighted by Gasteiger charge is 2.17. The quantitative estimate of drug-likeness (QED) is 0.766. The number of hydrogen-bond acceptors (Lipinski definition) is 5. The topological polar surface area (TPSA) is 71.2 Å². The van der Waals surface area contributed by atoms with Crippen LogP contribution in [-0.2, 0) is 0 Å². The van der Waals surface area contributed by atoms with Crippen LogP contribution in [-0.4, -0.2) is 15.2 Å². The Balaban J connectivity index is 2.00. The molecule has 5 nitrogen and oxygen atoms in total. The summed E-state index contributed by atoms with van der Waals surface area (Å²) in [5.41, 5.74) is 1.91. The summed E-state index contributed by atoms with van der Waals surface area (Å²) in [6, 6.07) is 7.18. The van der Waals surface area contributed by atoms with E-state index in [4.69, 9.17) is 4.52 Å². The Morgan fingerprint density at radius 2 is 2.05 bits per heavy atom. The van der Waals surface area contributed by atoms with E-state index in [1.54, 1.807) is 18.3 Å². The monoisotopic (exact) mass is 283 g/mol. The summed E-state index contributed by atoms with van der Waals surface area (Å²) >= 11 is 0. The van der Waals surface area contributed by atoms with Crippen molar-refractivity contribution >= 4 is 16.6 Å². The number of rotatable bonds is 3. The number of anilines is 1. The van der Waals surface area contributed by atoms with Gasteiger partial charge in [0.05, 0.1) is 11.7 Å². The van der Waals surface area contributed by atoms with Crippen LogP contribution in [0.5, 0.6) is 5.75 Å². The number of nitrogens with one attached hydrogen (secondary N) is 1. The van der Waals surface area contributed by atoms with Gasteiger partial charge in [0, 0.05) is 17.1 Å². The average molecular weight is 283 g/mol. The third-order valence-electron chi connectivity index (χ3n) is 3.62. The van der Waals surface area contributed by atoms with Crippen LogP contribution < -0.4 is 5.32 Å². The van der Waals surface area contributed by atoms with Crippen molar-refractivity contribution in [3.05, 3.63) is 47.5 Å². The smallest absolute Gasteiger partial charge is 0.139 e. The molecular formula is C16H17N3O2. The van der Waals surface area contributed by atoms with Crippen molar-refractivity contribution in [3.63, 3.8) is 0 Å². The average Bonchev–Trinajstić information content (AvgIpc) is 2.79. The van der Waals surface area contributed by atoms with Crippen LogP contribution in [0.1, 0.15) is 30.0 Å². The van der Waals surface area contributed by atoms with Gasteiger partial charge >= 0.3 is 0 Å². The fraction of sp³-hybridized carbons (Fsp3) is 0.250. The zero-order chi connectivity index (χ0) is 15.0. The first kappa shape index (κ1) is 13.4. The molecule has 3 rings (SSSR count). The zero-order valence-electron chi connectivity index (χ0n) is 12.2. The van der Waals surface area contributed by atoms with Crippen LogP contribution >= 0.6 is 0 Å². The van der Waals surface area contributed by atoms with Gasteiger partial charge in [-0.25, -0.2) is 4.98 Å². The van der Waals surface area contributed by atoms with Crippen molar-refractivity contribution in [1.29, 1.82) is 0 Å². The summed E-state index contributed by atoms with van der Waals surface area (Å²) < 4.78 is 5.21. The molecule has 1 aromatic carbocycles. The molecule has 1 atom stereocenters. The number of benzene rings is 1. The Morgan fingerprint density at radius 1 is 1.24 bits per heavy atom. The summed E-state index contributed by atoms with van der Waals surface area (Å²) in [6.45, 7) is 5.86. The van der Waals surface area contributed by atoms with Crippen LogP contribution in [0.3, 0.4) is 0 Å². The lowest BCUT2D eigenvalue weighted by Crippen LogP contribution is -2.09. The van der Waals surface area contributed by atoms with Gasteiger partial charge < -0.3 is 14.9 Å². The molecule has 0 saturated carbocycles. The molecule has 0 amide bonds. The molecule has 1 unspecified atom stereocenters. The van der Waals surface area contributed by atoms with Crippen LogP contribution in [0, 0.1) is 13.8 Å². The van der Waals surface area contributed by atoms with E-state index < -0.39 is 0 Å². The number of phenolic OH excluding ortho intramolecular Hbond substituents is 1. The molecule has 2 N–H and O–H groups in total. The molecule has 0 aliphatic rings. The fourth-order valence-corrected chi connectivity index (χ4v) is 2.66. The second-order valence-corrected chi connectivity index (χ2v) is 5.17. The number of phenols is 1. The molecule has 0 saturated heterocycles. The molecule has 2 heterocycles. The van der Waals surface area contributed by atoms with Gasteiger partial charge in [-0.3, -0.25) is 0 Å². The third-order valence-corrected chi connectivity index (χ3v) is 3.62. The van der Waals surface area contributed by atoms with E-state index in [2.05, 4.69) is 15.5 Å². The van der Waals surface area contributed by atoms with E-state index in [0.29, 0.717) is 0 Å². The number of nitrogens with zero attached hydrogens (tertiary/aromatic N) is 2. The summed E-state index contributed by atoms with van der Waals surface area (Å²) in [5.74, 6) is 1.76. The van der Waals surface area contributed by atoms with Crippen LogP contribution in [0.2, 0.25) is 0 Å². The van der Waals surface area contributed by atoms with E-state index in [9.17, 15) is 5.11 Å². The zero-order valence-corrected chi connectivity index (χ0v) is 12.2. The summed E-state index contributed by atoms with van der Waals surface area (Å²) in [5, 5.41) is 18.9. The maximum absolute atomic E-state index is 9.68. The normalized spacial score (nSPS) is 12.5. The molecule has 0 radical (unpaired) electrons. The lowest BCUT2D eigenvalue weighted by molar-refractivity contribution is 0.392. The Morgan fingerprint density at radius 3 is 2.76 bits per heavy atom. The summed E-state index contributed by atoms with van der Waals surface area (Å²) in [6.07, 6.45) is 1.75. The van der Waals surface area contributed by atoms with Gasteiger partial charge in [-0.05, 0) is 44.4 Å². The van der Waals surface area contributed by atoms with Crippen molar-refractivity contribution < 1.29 is 9.63 Å². The van der Waals surface area contributed by atoms with Crippen molar-refractivity contribution in [2.24, 2.45) is 0 Å². The third kappa shape index (κ3) is 2.42. The molecule has 5 heteroatoms. The standard InChI is InChI=1S/C16H17N3O2/c1-9(15-10(2)19-21-11(15)3)18-16-14-8-13(20)5-4-12(14)6-7-17-16/h4-9,20H,1-3H3,(H,17,18). The van der Waals surface area contributed by atoms with E-state index in [1.807, 2.05) is 32.9 Å². The minimum atomic E-state index is 0.0108. The number of aryl methyl sites for hydroxylation is 2. The SMILES string of the molecule is Cc1noc(C)c1C(C)Nc1nccc2ccc(O)cc12. The minimum absolute atomic E-state index is 0.0108. The van der Waals surface area contributed by atoms with Gasteiger partial charge in [0.1, 0.15) is 17.3 Å². The maximum Gasteiger partial charge on any atom is 0.139 e. The number of pyridine rings is 1. The maximum atomic E-state index is 9.68. The second kappa shape index (κ2) is 5.09. The first-order valence-corrected chi connectivity index (χ1v) is 6.83. The van der Waals surface area contributed by atoms with Crippen LogP contribution in [0.15, 0.2) is 35.0 Å². The Kier molecular flexibility index (Phi) is 3.25. The molecule has 108 valence electrons. The van der Waals surface area contributed by atoms with Gasteiger partial charge in [-0.1, -0.05) is 11.2 Å². The van der Waals surface area contributed by atoms with Gasteiger partial charge in [0.15, 0.2) is 0 Å². The molecule has 0 bridgehead atoms. The molecule has 0 fully saturated rings. The lowest BCUT2D eigenvalue weighted by atomic mass is 10.1. The Hall–Kier alpha value is -2.56. The van der Waals surface area contributed by atoms with Crippen LogP contribution in [0.4, 0.5) is 5.82 Å². The molecule has 0 aliphatic heterocycles. The van der Waals surface area contributed by atoms with E-state index >= 15 is 0 Å². The highest BCUT2D eigenvalue weighted by molar-refractivity contribution is 5.92. The largest absolute Gasteiger partial charge is 0.508 e. The molecule has 21 heavy (non-hydrogen) atoms. The molecule has 0 aliphatic carbocycles. The van der Waals surface area contributed by atoms with Gasteiger partial charge in [-0.2, -0.15) is 0 Å². The van der Waals surface area contributed by atoms with E-state index in [-0.39, 0.29) is 11.8 Å². The van der Waals surface area contributed by atoms with Crippen molar-refractivity contribution in [3.8, 4) is 5.75 Å². The number of hydrogen-bond donors (Lipinski definition) is 2. The number of aromatic nitrogens is 2. The highest BCUT2D eigenvalue weighted by atomic mass is 16.5. The van der Waals surface area contributed by atoms with Gasteiger partial charge in [0.2, 0.25) is 0 Å². The lowest BCUT2D eigenvalue weighted by Gasteiger charge is -2.16. The van der Waals surface area contributed by atoms with Gasteiger partial charge in [-0.15, -0.1) is 0 Å². The van der Waals surface area contributed by atoms with Crippen molar-refractivity contribution in [1.82, 2.24) is 10.1 Å². The molecule has 0 spiro atoms. The summed E-state index contributed by atoms with van der Waals surface area (Å²) in [4.78, 5) is 4.38. The van der Waals surface area contributed by atoms with Crippen molar-refractivity contribution in [2.75, 3.05) is 5.32 Å². The van der Waals surface area contributed by atoms with E-state index in [1.165, 1.54) is 0 Å². The van der Waals surface area contributed by atoms with Crippen LogP contribution in [0.25, 0.3) is 10.8 Å². The Bertz CT molecular complexity index is 776.